The van der Waals surface area contributed by atoms with Crippen molar-refractivity contribution in [2.45, 2.75) is 17.1 Å². The Hall–Kier alpha value is -1.28. The summed E-state index contributed by atoms with van der Waals surface area (Å²) in [5.41, 5.74) is 0.479. The summed E-state index contributed by atoms with van der Waals surface area (Å²) in [6, 6.07) is 9.50. The van der Waals surface area contributed by atoms with Crippen LogP contribution in [0, 0.1) is 5.82 Å². The Morgan fingerprint density at radius 2 is 1.90 bits per heavy atom. The second-order valence-corrected chi connectivity index (χ2v) is 7.60. The van der Waals surface area contributed by atoms with E-state index in [4.69, 9.17) is 5.11 Å². The minimum atomic E-state index is -3.58. The topological polar surface area (TPSA) is 66.4 Å². The van der Waals surface area contributed by atoms with E-state index in [1.807, 2.05) is 0 Å². The zero-order valence-electron chi connectivity index (χ0n) is 11.3. The fourth-order valence-corrected chi connectivity index (χ4v) is 4.26. The first-order valence-corrected chi connectivity index (χ1v) is 8.75. The van der Waals surface area contributed by atoms with Gasteiger partial charge in [0, 0.05) is 24.4 Å². The fraction of sp³-hybridized carbons (Fsp3) is 0.286. The Morgan fingerprint density at radius 1 is 1.14 bits per heavy atom. The van der Waals surface area contributed by atoms with Crippen LogP contribution in [0.2, 0.25) is 0 Å². The summed E-state index contributed by atoms with van der Waals surface area (Å²) in [6.45, 7) is 0.122. The van der Waals surface area contributed by atoms with Gasteiger partial charge in [-0.1, -0.05) is 18.2 Å². The Labute approximate surface area is 127 Å². The van der Waals surface area contributed by atoms with Gasteiger partial charge in [0.1, 0.15) is 10.0 Å². The van der Waals surface area contributed by atoms with Gasteiger partial charge in [0.15, 0.2) is 0 Å². The molecule has 114 valence electrons. The predicted octanol–water partition coefficient (Wildman–Crippen LogP) is 1.94. The highest BCUT2D eigenvalue weighted by atomic mass is 32.2. The molecule has 0 saturated heterocycles. The number of aliphatic hydroxyl groups is 1. The second-order valence-electron chi connectivity index (χ2n) is 4.43. The van der Waals surface area contributed by atoms with Crippen molar-refractivity contribution in [3.05, 3.63) is 52.7 Å². The lowest BCUT2D eigenvalue weighted by atomic mass is 10.1. The fourth-order valence-electron chi connectivity index (χ4n) is 1.84. The SMILES string of the molecule is O=S(=O)(NCCc1ccccc1F)c1ccc(CCO)s1. The molecule has 0 unspecified atom stereocenters. The largest absolute Gasteiger partial charge is 0.396 e. The lowest BCUT2D eigenvalue weighted by Crippen LogP contribution is -2.25. The van der Waals surface area contributed by atoms with Crippen LogP contribution in [0.3, 0.4) is 0 Å². The number of hydrogen-bond donors (Lipinski definition) is 2. The number of benzene rings is 1. The van der Waals surface area contributed by atoms with Gasteiger partial charge >= 0.3 is 0 Å². The van der Waals surface area contributed by atoms with Gasteiger partial charge in [0.05, 0.1) is 0 Å². The molecule has 1 aromatic heterocycles. The van der Waals surface area contributed by atoms with Gasteiger partial charge in [-0.05, 0) is 30.2 Å². The Kier molecular flexibility index (Phi) is 5.46. The van der Waals surface area contributed by atoms with Crippen molar-refractivity contribution in [2.24, 2.45) is 0 Å². The highest BCUT2D eigenvalue weighted by molar-refractivity contribution is 7.91. The van der Waals surface area contributed by atoms with Gasteiger partial charge in [-0.15, -0.1) is 11.3 Å². The van der Waals surface area contributed by atoms with Crippen LogP contribution in [0.1, 0.15) is 10.4 Å². The summed E-state index contributed by atoms with van der Waals surface area (Å²) in [6.07, 6.45) is 0.732. The molecule has 2 aromatic rings. The molecule has 2 N–H and O–H groups in total. The number of hydrogen-bond acceptors (Lipinski definition) is 4. The molecule has 0 aliphatic rings. The first-order valence-electron chi connectivity index (χ1n) is 6.45. The molecule has 1 heterocycles. The zero-order valence-corrected chi connectivity index (χ0v) is 12.9. The highest BCUT2D eigenvalue weighted by Crippen LogP contribution is 2.21. The van der Waals surface area contributed by atoms with Crippen molar-refractivity contribution in [3.8, 4) is 0 Å². The molecule has 7 heteroatoms. The molecule has 0 aliphatic heterocycles. The van der Waals surface area contributed by atoms with Crippen molar-refractivity contribution in [3.63, 3.8) is 0 Å². The Balaban J connectivity index is 1.96. The maximum Gasteiger partial charge on any atom is 0.250 e. The molecule has 0 atom stereocenters. The first-order chi connectivity index (χ1) is 10.0. The average molecular weight is 329 g/mol. The van der Waals surface area contributed by atoms with Crippen LogP contribution in [0.4, 0.5) is 4.39 Å². The molecule has 0 fully saturated rings. The van der Waals surface area contributed by atoms with Crippen molar-refractivity contribution in [1.29, 1.82) is 0 Å². The molecular weight excluding hydrogens is 313 g/mol. The lowest BCUT2D eigenvalue weighted by Gasteiger charge is -2.05. The molecular formula is C14H16FNO3S2. The minimum absolute atomic E-state index is 0.0132. The molecule has 0 aliphatic carbocycles. The van der Waals surface area contributed by atoms with Crippen LogP contribution >= 0.6 is 11.3 Å². The third kappa shape index (κ3) is 4.34. The molecule has 4 nitrogen and oxygen atoms in total. The third-order valence-electron chi connectivity index (χ3n) is 2.90. The molecule has 0 spiro atoms. The molecule has 21 heavy (non-hydrogen) atoms. The number of nitrogens with one attached hydrogen (secondary N) is 1. The molecule has 0 amide bonds. The summed E-state index contributed by atoms with van der Waals surface area (Å²) in [5, 5.41) is 8.83. The highest BCUT2D eigenvalue weighted by Gasteiger charge is 2.16. The summed E-state index contributed by atoms with van der Waals surface area (Å²) in [7, 11) is -3.58. The van der Waals surface area contributed by atoms with Gasteiger partial charge in [0.2, 0.25) is 10.0 Å². The third-order valence-corrected chi connectivity index (χ3v) is 6.00. The van der Waals surface area contributed by atoms with E-state index < -0.39 is 10.0 Å². The normalized spacial score (nSPS) is 11.7. The van der Waals surface area contributed by atoms with E-state index in [1.165, 1.54) is 12.1 Å². The number of rotatable bonds is 7. The number of thiophene rings is 1. The number of sulfonamides is 1. The summed E-state index contributed by atoms with van der Waals surface area (Å²) < 4.78 is 40.2. The standard InChI is InChI=1S/C14H16FNO3S2/c15-13-4-2-1-3-11(13)7-9-16-21(18,19)14-6-5-12(20-14)8-10-17/h1-6,16-17H,7-10H2. The van der Waals surface area contributed by atoms with Crippen LogP contribution in [0.15, 0.2) is 40.6 Å². The van der Waals surface area contributed by atoms with E-state index in [1.54, 1.807) is 24.3 Å². The monoisotopic (exact) mass is 329 g/mol. The van der Waals surface area contributed by atoms with E-state index in [0.717, 1.165) is 16.2 Å². The molecule has 1 aromatic carbocycles. The minimum Gasteiger partial charge on any atom is -0.396 e. The van der Waals surface area contributed by atoms with Gasteiger partial charge < -0.3 is 5.11 Å². The van der Waals surface area contributed by atoms with E-state index >= 15 is 0 Å². The molecule has 2 rings (SSSR count). The summed E-state index contributed by atoms with van der Waals surface area (Å²) in [5.74, 6) is -0.335. The van der Waals surface area contributed by atoms with Crippen molar-refractivity contribution in [2.75, 3.05) is 13.2 Å². The maximum absolute atomic E-state index is 13.4. The quantitative estimate of drug-likeness (QED) is 0.816. The molecule has 0 saturated carbocycles. The van der Waals surface area contributed by atoms with Gasteiger partial charge in [-0.3, -0.25) is 0 Å². The van der Waals surface area contributed by atoms with Crippen molar-refractivity contribution in [1.82, 2.24) is 4.72 Å². The maximum atomic E-state index is 13.4. The van der Waals surface area contributed by atoms with E-state index in [9.17, 15) is 12.8 Å². The van der Waals surface area contributed by atoms with E-state index in [2.05, 4.69) is 4.72 Å². The Bertz CT molecular complexity index is 698. The molecule has 0 bridgehead atoms. The van der Waals surface area contributed by atoms with Crippen LogP contribution in [-0.4, -0.2) is 26.7 Å². The number of halogens is 1. The summed E-state index contributed by atoms with van der Waals surface area (Å²) >= 11 is 1.13. The smallest absolute Gasteiger partial charge is 0.250 e. The van der Waals surface area contributed by atoms with Crippen LogP contribution < -0.4 is 4.72 Å². The van der Waals surface area contributed by atoms with E-state index in [-0.39, 0.29) is 23.2 Å². The van der Waals surface area contributed by atoms with Gasteiger partial charge in [0.25, 0.3) is 0 Å². The zero-order chi connectivity index (χ0) is 15.3. The van der Waals surface area contributed by atoms with Crippen molar-refractivity contribution >= 4 is 21.4 Å². The molecule has 0 radical (unpaired) electrons. The van der Waals surface area contributed by atoms with Crippen molar-refractivity contribution < 1.29 is 17.9 Å². The lowest BCUT2D eigenvalue weighted by molar-refractivity contribution is 0.300. The first kappa shape index (κ1) is 16.1. The summed E-state index contributed by atoms with van der Waals surface area (Å²) in [4.78, 5) is 0.812. The van der Waals surface area contributed by atoms with Crippen LogP contribution in [-0.2, 0) is 22.9 Å². The predicted molar refractivity (Wildman–Crippen MR) is 80.4 cm³/mol. The van der Waals surface area contributed by atoms with Crippen LogP contribution in [0.5, 0.6) is 0 Å². The Morgan fingerprint density at radius 3 is 2.62 bits per heavy atom. The van der Waals surface area contributed by atoms with Gasteiger partial charge in [-0.25, -0.2) is 17.5 Å². The van der Waals surface area contributed by atoms with Crippen LogP contribution in [0.25, 0.3) is 0 Å². The average Bonchev–Trinajstić information content (AvgIpc) is 2.91. The number of aliphatic hydroxyl groups excluding tert-OH is 1. The van der Waals surface area contributed by atoms with Gasteiger partial charge in [-0.2, -0.15) is 0 Å². The van der Waals surface area contributed by atoms with E-state index in [0.29, 0.717) is 18.4 Å². The second kappa shape index (κ2) is 7.13.